The van der Waals surface area contributed by atoms with Crippen molar-refractivity contribution in [1.82, 2.24) is 0 Å². The van der Waals surface area contributed by atoms with Crippen LogP contribution in [0.15, 0.2) is 65.3 Å². The van der Waals surface area contributed by atoms with Crippen LogP contribution in [0.3, 0.4) is 0 Å². The van der Waals surface area contributed by atoms with Crippen LogP contribution in [0.1, 0.15) is 29.2 Å². The van der Waals surface area contributed by atoms with E-state index >= 15 is 0 Å². The number of aryl methyl sites for hydroxylation is 1. The Bertz CT molecular complexity index is 1320. The molecule has 5 nitrogen and oxygen atoms in total. The second-order valence-electron chi connectivity index (χ2n) is 7.44. The van der Waals surface area contributed by atoms with E-state index in [1.54, 1.807) is 24.3 Å². The summed E-state index contributed by atoms with van der Waals surface area (Å²) in [4.78, 5) is 16.8. The third-order valence-corrected chi connectivity index (χ3v) is 6.33. The molecule has 4 rings (SSSR count). The van der Waals surface area contributed by atoms with Crippen molar-refractivity contribution in [2.75, 3.05) is 6.61 Å². The van der Waals surface area contributed by atoms with Gasteiger partial charge in [-0.05, 0) is 89.5 Å². The standard InChI is InChI=1S/C26H20Cl2INO4/c1-3-32-23-12-16(10-21(28)24(23)33-14-17-7-5-4-6-15(17)2)11-22-26(31)34-25(30-22)19-13-18(29)8-9-20(19)27/h4-13H,3,14H2,1-2H3/b22-11-. The molecule has 1 aliphatic rings. The summed E-state index contributed by atoms with van der Waals surface area (Å²) in [6.45, 7) is 4.67. The van der Waals surface area contributed by atoms with Crippen molar-refractivity contribution >= 4 is 63.7 Å². The molecule has 0 amide bonds. The molecule has 0 saturated heterocycles. The molecule has 1 aliphatic heterocycles. The largest absolute Gasteiger partial charge is 0.490 e. The minimum atomic E-state index is -0.570. The van der Waals surface area contributed by atoms with Gasteiger partial charge in [0.15, 0.2) is 17.2 Å². The average molecular weight is 608 g/mol. The molecule has 0 atom stereocenters. The number of hydrogen-bond acceptors (Lipinski definition) is 5. The van der Waals surface area contributed by atoms with Gasteiger partial charge in [0.05, 0.1) is 22.2 Å². The summed E-state index contributed by atoms with van der Waals surface area (Å²) in [5.41, 5.74) is 3.49. The summed E-state index contributed by atoms with van der Waals surface area (Å²) in [6, 6.07) is 16.8. The van der Waals surface area contributed by atoms with Crippen LogP contribution in [0, 0.1) is 10.5 Å². The summed E-state index contributed by atoms with van der Waals surface area (Å²) in [5, 5.41) is 0.813. The highest BCUT2D eigenvalue weighted by Gasteiger charge is 2.26. The van der Waals surface area contributed by atoms with E-state index in [0.717, 1.165) is 14.7 Å². The lowest BCUT2D eigenvalue weighted by Crippen LogP contribution is -2.06. The van der Waals surface area contributed by atoms with Gasteiger partial charge in [0.2, 0.25) is 5.90 Å². The number of esters is 1. The molecule has 0 aliphatic carbocycles. The smallest absolute Gasteiger partial charge is 0.363 e. The first-order chi connectivity index (χ1) is 16.4. The maximum absolute atomic E-state index is 12.5. The molecule has 0 saturated carbocycles. The molecule has 0 unspecified atom stereocenters. The number of carbonyl (C=O) groups excluding carboxylic acids is 1. The van der Waals surface area contributed by atoms with Gasteiger partial charge in [-0.3, -0.25) is 0 Å². The van der Waals surface area contributed by atoms with Crippen LogP contribution in [-0.4, -0.2) is 18.5 Å². The van der Waals surface area contributed by atoms with Gasteiger partial charge in [-0.15, -0.1) is 0 Å². The summed E-state index contributed by atoms with van der Waals surface area (Å²) < 4.78 is 18.1. The van der Waals surface area contributed by atoms with Crippen LogP contribution in [-0.2, 0) is 16.1 Å². The van der Waals surface area contributed by atoms with Gasteiger partial charge in [-0.2, -0.15) is 0 Å². The molecular formula is C26H20Cl2INO4. The predicted molar refractivity (Wildman–Crippen MR) is 143 cm³/mol. The highest BCUT2D eigenvalue weighted by molar-refractivity contribution is 14.1. The zero-order chi connectivity index (χ0) is 24.2. The van der Waals surface area contributed by atoms with E-state index in [4.69, 9.17) is 37.4 Å². The van der Waals surface area contributed by atoms with E-state index in [-0.39, 0.29) is 11.6 Å². The second kappa shape index (κ2) is 10.8. The van der Waals surface area contributed by atoms with E-state index < -0.39 is 5.97 Å². The summed E-state index contributed by atoms with van der Waals surface area (Å²) in [5.74, 6) is 0.511. The zero-order valence-corrected chi connectivity index (χ0v) is 22.1. The van der Waals surface area contributed by atoms with Crippen molar-refractivity contribution in [3.63, 3.8) is 0 Å². The van der Waals surface area contributed by atoms with Crippen molar-refractivity contribution in [3.05, 3.63) is 96.2 Å². The molecule has 1 heterocycles. The first-order valence-electron chi connectivity index (χ1n) is 10.5. The maximum atomic E-state index is 12.5. The number of rotatable bonds is 7. The monoisotopic (exact) mass is 607 g/mol. The third-order valence-electron chi connectivity index (χ3n) is 5.05. The minimum absolute atomic E-state index is 0.136. The molecule has 8 heteroatoms. The Labute approximate surface area is 221 Å². The Morgan fingerprint density at radius 3 is 2.62 bits per heavy atom. The SMILES string of the molecule is CCOc1cc(/C=C2\N=C(c3cc(I)ccc3Cl)OC2=O)cc(Cl)c1OCc1ccccc1C. The van der Waals surface area contributed by atoms with Crippen LogP contribution < -0.4 is 9.47 Å². The number of hydrogen-bond donors (Lipinski definition) is 0. The van der Waals surface area contributed by atoms with Gasteiger partial charge >= 0.3 is 5.97 Å². The maximum Gasteiger partial charge on any atom is 0.363 e. The molecule has 3 aromatic rings. The Morgan fingerprint density at radius 1 is 1.06 bits per heavy atom. The minimum Gasteiger partial charge on any atom is -0.490 e. The molecule has 0 radical (unpaired) electrons. The number of ether oxygens (including phenoxy) is 3. The highest BCUT2D eigenvalue weighted by Crippen LogP contribution is 2.38. The van der Waals surface area contributed by atoms with Crippen molar-refractivity contribution in [3.8, 4) is 11.5 Å². The molecule has 34 heavy (non-hydrogen) atoms. The normalized spacial score (nSPS) is 14.2. The second-order valence-corrected chi connectivity index (χ2v) is 9.50. The predicted octanol–water partition coefficient (Wildman–Crippen LogP) is 7.23. The quantitative estimate of drug-likeness (QED) is 0.162. The number of benzene rings is 3. The fourth-order valence-electron chi connectivity index (χ4n) is 3.34. The van der Waals surface area contributed by atoms with E-state index in [0.29, 0.717) is 45.9 Å². The molecule has 0 aromatic heterocycles. The zero-order valence-electron chi connectivity index (χ0n) is 18.4. The molecule has 0 N–H and O–H groups in total. The molecule has 0 spiro atoms. The molecular weight excluding hydrogens is 588 g/mol. The van der Waals surface area contributed by atoms with Crippen molar-refractivity contribution < 1.29 is 19.0 Å². The number of nitrogens with zero attached hydrogens (tertiary/aromatic N) is 1. The summed E-state index contributed by atoms with van der Waals surface area (Å²) >= 11 is 15.0. The van der Waals surface area contributed by atoms with Crippen LogP contribution in [0.2, 0.25) is 10.0 Å². The topological polar surface area (TPSA) is 57.1 Å². The molecule has 0 bridgehead atoms. The van der Waals surface area contributed by atoms with Crippen molar-refractivity contribution in [2.24, 2.45) is 4.99 Å². The van der Waals surface area contributed by atoms with Gasteiger partial charge in [0.1, 0.15) is 6.61 Å². The molecule has 3 aromatic carbocycles. The number of cyclic esters (lactones) is 1. The van der Waals surface area contributed by atoms with Crippen LogP contribution in [0.25, 0.3) is 6.08 Å². The molecule has 0 fully saturated rings. The summed E-state index contributed by atoms with van der Waals surface area (Å²) in [6.07, 6.45) is 1.59. The first-order valence-corrected chi connectivity index (χ1v) is 12.3. The fourth-order valence-corrected chi connectivity index (χ4v) is 4.30. The highest BCUT2D eigenvalue weighted by atomic mass is 127. The van der Waals surface area contributed by atoms with E-state index in [1.165, 1.54) is 0 Å². The number of carbonyl (C=O) groups is 1. The van der Waals surface area contributed by atoms with Gasteiger partial charge < -0.3 is 14.2 Å². The lowest BCUT2D eigenvalue weighted by Gasteiger charge is -2.15. The van der Waals surface area contributed by atoms with Gasteiger partial charge in [-0.1, -0.05) is 47.5 Å². The average Bonchev–Trinajstić information content (AvgIpc) is 3.16. The van der Waals surface area contributed by atoms with Gasteiger partial charge in [0, 0.05) is 3.57 Å². The van der Waals surface area contributed by atoms with Gasteiger partial charge in [0.25, 0.3) is 0 Å². The number of aliphatic imine (C=N–C) groups is 1. The lowest BCUT2D eigenvalue weighted by molar-refractivity contribution is -0.129. The van der Waals surface area contributed by atoms with Crippen LogP contribution in [0.5, 0.6) is 11.5 Å². The van der Waals surface area contributed by atoms with E-state index in [2.05, 4.69) is 27.6 Å². The van der Waals surface area contributed by atoms with Gasteiger partial charge in [-0.25, -0.2) is 9.79 Å². The first kappa shape index (κ1) is 24.6. The van der Waals surface area contributed by atoms with Crippen LogP contribution in [0.4, 0.5) is 0 Å². The Balaban J connectivity index is 1.64. The van der Waals surface area contributed by atoms with E-state index in [9.17, 15) is 4.79 Å². The Kier molecular flexibility index (Phi) is 7.80. The Morgan fingerprint density at radius 2 is 1.85 bits per heavy atom. The van der Waals surface area contributed by atoms with Crippen molar-refractivity contribution in [1.29, 1.82) is 0 Å². The Hall–Kier alpha value is -2.55. The van der Waals surface area contributed by atoms with Crippen molar-refractivity contribution in [2.45, 2.75) is 20.5 Å². The van der Waals surface area contributed by atoms with E-state index in [1.807, 2.05) is 50.2 Å². The summed E-state index contributed by atoms with van der Waals surface area (Å²) in [7, 11) is 0. The fraction of sp³-hybridized carbons (Fsp3) is 0.154. The number of halogens is 3. The molecule has 174 valence electrons. The lowest BCUT2D eigenvalue weighted by atomic mass is 10.1. The van der Waals surface area contributed by atoms with Crippen LogP contribution >= 0.6 is 45.8 Å². The third kappa shape index (κ3) is 5.56.